The minimum absolute atomic E-state index is 0.245. The number of rotatable bonds is 3. The Morgan fingerprint density at radius 3 is 2.13 bits per heavy atom. The third kappa shape index (κ3) is 3.18. The zero-order valence-corrected chi connectivity index (χ0v) is 17.4. The van der Waals surface area contributed by atoms with Gasteiger partial charge in [0, 0.05) is 11.3 Å². The van der Waals surface area contributed by atoms with Gasteiger partial charge in [0.05, 0.1) is 16.8 Å². The summed E-state index contributed by atoms with van der Waals surface area (Å²) in [5.74, 6) is -1.10. The van der Waals surface area contributed by atoms with E-state index in [4.69, 9.17) is 0 Å². The summed E-state index contributed by atoms with van der Waals surface area (Å²) < 4.78 is 0. The highest BCUT2D eigenvalue weighted by atomic mass is 16.2. The molecule has 0 saturated heterocycles. The monoisotopic (exact) mass is 398 g/mol. The molecule has 1 aliphatic heterocycles. The Hall–Kier alpha value is -3.73. The van der Waals surface area contributed by atoms with Crippen molar-refractivity contribution in [3.8, 4) is 0 Å². The van der Waals surface area contributed by atoms with Gasteiger partial charge in [-0.2, -0.15) is 0 Å². The molecule has 0 radical (unpaired) electrons. The predicted molar refractivity (Wildman–Crippen MR) is 117 cm³/mol. The Morgan fingerprint density at radius 1 is 0.767 bits per heavy atom. The van der Waals surface area contributed by atoms with Crippen molar-refractivity contribution in [3.63, 3.8) is 0 Å². The minimum atomic E-state index is -0.412. The summed E-state index contributed by atoms with van der Waals surface area (Å²) in [7, 11) is 0. The fraction of sp³-hybridized carbons (Fsp3) is 0.160. The van der Waals surface area contributed by atoms with E-state index in [1.54, 1.807) is 12.1 Å². The first-order valence-electron chi connectivity index (χ1n) is 9.75. The zero-order valence-electron chi connectivity index (χ0n) is 17.4. The number of nitrogens with one attached hydrogen (secondary N) is 1. The topological polar surface area (TPSA) is 66.5 Å². The van der Waals surface area contributed by atoms with Crippen molar-refractivity contribution in [1.82, 2.24) is 0 Å². The van der Waals surface area contributed by atoms with Crippen LogP contribution >= 0.6 is 0 Å². The number of fused-ring (bicyclic) bond motifs is 1. The fourth-order valence-corrected chi connectivity index (χ4v) is 3.76. The molecular weight excluding hydrogens is 376 g/mol. The molecule has 1 N–H and O–H groups in total. The third-order valence-corrected chi connectivity index (χ3v) is 5.47. The summed E-state index contributed by atoms with van der Waals surface area (Å²) >= 11 is 0. The van der Waals surface area contributed by atoms with Crippen molar-refractivity contribution in [3.05, 3.63) is 93.5 Å². The molecule has 0 unspecified atom stereocenters. The van der Waals surface area contributed by atoms with E-state index in [0.717, 1.165) is 27.9 Å². The van der Waals surface area contributed by atoms with E-state index < -0.39 is 5.91 Å². The fourth-order valence-electron chi connectivity index (χ4n) is 3.76. The van der Waals surface area contributed by atoms with Crippen molar-refractivity contribution < 1.29 is 14.4 Å². The molecule has 150 valence electrons. The van der Waals surface area contributed by atoms with Crippen LogP contribution < -0.4 is 10.2 Å². The summed E-state index contributed by atoms with van der Waals surface area (Å²) in [6.45, 7) is 7.63. The number of benzene rings is 3. The summed E-state index contributed by atoms with van der Waals surface area (Å²) in [5, 5.41) is 2.92. The number of para-hydroxylation sites is 1. The number of aryl methyl sites for hydroxylation is 4. The summed E-state index contributed by atoms with van der Waals surface area (Å²) in [6.07, 6.45) is 0. The van der Waals surface area contributed by atoms with Crippen molar-refractivity contribution in [2.24, 2.45) is 0 Å². The van der Waals surface area contributed by atoms with Gasteiger partial charge in [-0.05, 0) is 74.2 Å². The zero-order chi connectivity index (χ0) is 21.6. The molecule has 5 heteroatoms. The number of anilines is 2. The number of nitrogens with zero attached hydrogens (tertiary/aromatic N) is 1. The van der Waals surface area contributed by atoms with E-state index in [1.165, 1.54) is 11.0 Å². The average Bonchev–Trinajstić information content (AvgIpc) is 2.96. The van der Waals surface area contributed by atoms with E-state index in [9.17, 15) is 14.4 Å². The summed E-state index contributed by atoms with van der Waals surface area (Å²) in [4.78, 5) is 40.1. The second-order valence-corrected chi connectivity index (χ2v) is 7.72. The molecule has 0 fully saturated rings. The maximum absolute atomic E-state index is 13.1. The lowest BCUT2D eigenvalue weighted by molar-refractivity contribution is 0.0925. The van der Waals surface area contributed by atoms with Crippen LogP contribution in [-0.2, 0) is 0 Å². The highest BCUT2D eigenvalue weighted by molar-refractivity contribution is 6.35. The Balaban J connectivity index is 1.68. The molecule has 0 aromatic heterocycles. The molecule has 0 aliphatic carbocycles. The summed E-state index contributed by atoms with van der Waals surface area (Å²) in [6, 6.07) is 16.1. The van der Waals surface area contributed by atoms with Crippen LogP contribution in [-0.4, -0.2) is 17.7 Å². The highest BCUT2D eigenvalue weighted by Crippen LogP contribution is 2.32. The molecule has 0 atom stereocenters. The molecule has 0 spiro atoms. The van der Waals surface area contributed by atoms with Crippen molar-refractivity contribution in [2.45, 2.75) is 27.7 Å². The van der Waals surface area contributed by atoms with Crippen LogP contribution in [0.1, 0.15) is 53.3 Å². The van der Waals surface area contributed by atoms with E-state index >= 15 is 0 Å². The van der Waals surface area contributed by atoms with Crippen LogP contribution in [0.5, 0.6) is 0 Å². The molecule has 1 aliphatic rings. The lowest BCUT2D eigenvalue weighted by Gasteiger charge is -2.17. The van der Waals surface area contributed by atoms with Crippen LogP contribution in [0.2, 0.25) is 0 Å². The molecule has 30 heavy (non-hydrogen) atoms. The summed E-state index contributed by atoms with van der Waals surface area (Å²) in [5.41, 5.74) is 5.92. The molecule has 3 aromatic rings. The first kappa shape index (κ1) is 19.6. The van der Waals surface area contributed by atoms with Crippen LogP contribution in [0.25, 0.3) is 0 Å². The standard InChI is InChI=1S/C25H22N2O3/c1-14-8-9-15(2)21(12-14)27-24(29)19-11-10-18(13-20(19)25(27)30)23(28)26-22-16(3)6-5-7-17(22)4/h5-13H,1-4H3,(H,26,28). The Morgan fingerprint density at radius 2 is 1.43 bits per heavy atom. The van der Waals surface area contributed by atoms with Gasteiger partial charge in [0.2, 0.25) is 0 Å². The SMILES string of the molecule is Cc1ccc(C)c(N2C(=O)c3ccc(C(=O)Nc4c(C)cccc4C)cc3C2=O)c1. The van der Waals surface area contributed by atoms with E-state index in [2.05, 4.69) is 5.32 Å². The molecule has 0 bridgehead atoms. The van der Waals surface area contributed by atoms with Gasteiger partial charge in [0.25, 0.3) is 17.7 Å². The smallest absolute Gasteiger partial charge is 0.266 e. The highest BCUT2D eigenvalue weighted by Gasteiger charge is 2.37. The van der Waals surface area contributed by atoms with Crippen molar-refractivity contribution >= 4 is 29.1 Å². The maximum atomic E-state index is 13.1. The first-order valence-corrected chi connectivity index (χ1v) is 9.75. The predicted octanol–water partition coefficient (Wildman–Crippen LogP) is 4.97. The number of hydrogen-bond acceptors (Lipinski definition) is 3. The molecule has 3 amide bonds. The van der Waals surface area contributed by atoms with E-state index in [1.807, 2.05) is 64.1 Å². The van der Waals surface area contributed by atoms with Crippen LogP contribution in [0, 0.1) is 27.7 Å². The van der Waals surface area contributed by atoms with E-state index in [-0.39, 0.29) is 17.4 Å². The van der Waals surface area contributed by atoms with Gasteiger partial charge >= 0.3 is 0 Å². The largest absolute Gasteiger partial charge is 0.322 e. The number of imide groups is 1. The van der Waals surface area contributed by atoms with E-state index in [0.29, 0.717) is 16.8 Å². The Bertz CT molecular complexity index is 1210. The van der Waals surface area contributed by atoms with Gasteiger partial charge in [-0.25, -0.2) is 4.90 Å². The second kappa shape index (κ2) is 7.26. The maximum Gasteiger partial charge on any atom is 0.266 e. The van der Waals surface area contributed by atoms with Gasteiger partial charge in [0.1, 0.15) is 0 Å². The molecule has 0 saturated carbocycles. The molecular formula is C25H22N2O3. The number of hydrogen-bond donors (Lipinski definition) is 1. The van der Waals surface area contributed by atoms with Gasteiger partial charge in [0.15, 0.2) is 0 Å². The minimum Gasteiger partial charge on any atom is -0.322 e. The molecule has 1 heterocycles. The molecule has 3 aromatic carbocycles. The lowest BCUT2D eigenvalue weighted by atomic mass is 10.0. The van der Waals surface area contributed by atoms with Crippen LogP contribution in [0.4, 0.5) is 11.4 Å². The van der Waals surface area contributed by atoms with Gasteiger partial charge in [-0.1, -0.05) is 30.3 Å². The molecule has 5 nitrogen and oxygen atoms in total. The first-order chi connectivity index (χ1) is 14.3. The van der Waals surface area contributed by atoms with Crippen molar-refractivity contribution in [1.29, 1.82) is 0 Å². The third-order valence-electron chi connectivity index (χ3n) is 5.47. The van der Waals surface area contributed by atoms with Gasteiger partial charge < -0.3 is 5.32 Å². The Labute approximate surface area is 175 Å². The number of amides is 3. The quantitative estimate of drug-likeness (QED) is 0.633. The number of carbonyl (C=O) groups excluding carboxylic acids is 3. The van der Waals surface area contributed by atoms with Gasteiger partial charge in [-0.15, -0.1) is 0 Å². The second-order valence-electron chi connectivity index (χ2n) is 7.72. The van der Waals surface area contributed by atoms with Crippen molar-refractivity contribution in [2.75, 3.05) is 10.2 Å². The van der Waals surface area contributed by atoms with Crippen LogP contribution in [0.3, 0.4) is 0 Å². The normalized spacial score (nSPS) is 12.9. The lowest BCUT2D eigenvalue weighted by Crippen LogP contribution is -2.30. The van der Waals surface area contributed by atoms with Crippen LogP contribution in [0.15, 0.2) is 54.6 Å². The average molecular weight is 398 g/mol. The Kier molecular flexibility index (Phi) is 4.74. The van der Waals surface area contributed by atoms with Gasteiger partial charge in [-0.3, -0.25) is 14.4 Å². The molecule has 4 rings (SSSR count). The number of carbonyl (C=O) groups is 3.